The molecule has 0 saturated carbocycles. The smallest absolute Gasteiger partial charge is 0.307 e. The number of thioether (sulfide) groups is 1. The van der Waals surface area contributed by atoms with E-state index in [-0.39, 0.29) is 36.9 Å². The lowest BCUT2D eigenvalue weighted by Gasteiger charge is -2.11. The molecule has 6 nitrogen and oxygen atoms in total. The number of benzene rings is 2. The third-order valence-electron chi connectivity index (χ3n) is 4.13. The number of rotatable bonds is 7. The number of carbonyl (C=O) groups is 1. The van der Waals surface area contributed by atoms with Crippen LogP contribution in [-0.2, 0) is 22.7 Å². The lowest BCUT2D eigenvalue weighted by atomic mass is 10.2. The number of para-hydroxylation sites is 1. The topological polar surface area (TPSA) is 85.0 Å². The Balaban J connectivity index is 1.63. The average Bonchev–Trinajstić information content (AvgIpc) is 2.70. The van der Waals surface area contributed by atoms with Gasteiger partial charge >= 0.3 is 5.97 Å². The van der Waals surface area contributed by atoms with Crippen LogP contribution in [0.1, 0.15) is 17.8 Å². The molecule has 0 unspecified atom stereocenters. The zero-order valence-corrected chi connectivity index (χ0v) is 16.2. The molecule has 0 atom stereocenters. The fraction of sp³-hybridized carbons (Fsp3) is 0.238. The Morgan fingerprint density at radius 2 is 1.96 bits per heavy atom. The predicted molar refractivity (Wildman–Crippen MR) is 108 cm³/mol. The van der Waals surface area contributed by atoms with E-state index in [1.54, 1.807) is 36.0 Å². The van der Waals surface area contributed by atoms with Gasteiger partial charge in [0.1, 0.15) is 13.2 Å². The summed E-state index contributed by atoms with van der Waals surface area (Å²) >= 11 is 1.58. The molecule has 142 valence electrons. The molecule has 0 radical (unpaired) electrons. The first kappa shape index (κ1) is 19.6. The molecule has 7 heteroatoms. The van der Waals surface area contributed by atoms with E-state index in [0.29, 0.717) is 16.7 Å². The second-order valence-corrected chi connectivity index (χ2v) is 7.34. The number of fused-ring (bicyclic) bond motifs is 1. The highest BCUT2D eigenvalue weighted by Gasteiger charge is 2.13. The van der Waals surface area contributed by atoms with Crippen molar-refractivity contribution in [1.82, 2.24) is 9.55 Å². The second-order valence-electron chi connectivity index (χ2n) is 6.17. The molecule has 3 aromatic rings. The molecule has 0 N–H and O–H groups in total. The van der Waals surface area contributed by atoms with Gasteiger partial charge in [0.25, 0.3) is 5.56 Å². The molecule has 0 bridgehead atoms. The van der Waals surface area contributed by atoms with E-state index in [4.69, 9.17) is 10.00 Å². The molecular formula is C21H19N3O3S. The van der Waals surface area contributed by atoms with E-state index < -0.39 is 0 Å². The lowest BCUT2D eigenvalue weighted by Crippen LogP contribution is -2.26. The summed E-state index contributed by atoms with van der Waals surface area (Å²) < 4.78 is 6.54. The number of aromatic nitrogens is 2. The summed E-state index contributed by atoms with van der Waals surface area (Å²) in [5.74, 6) is 0.494. The van der Waals surface area contributed by atoms with Crippen molar-refractivity contribution in [3.8, 4) is 6.07 Å². The lowest BCUT2D eigenvalue weighted by molar-refractivity contribution is -0.144. The Hall–Kier alpha value is -3.11. The number of ether oxygens (including phenoxy) is 1. The van der Waals surface area contributed by atoms with Crippen LogP contribution in [0.5, 0.6) is 0 Å². The first-order valence-electron chi connectivity index (χ1n) is 8.79. The Kier molecular flexibility index (Phi) is 6.45. The Morgan fingerprint density at radius 3 is 2.71 bits per heavy atom. The maximum atomic E-state index is 12.6. The normalized spacial score (nSPS) is 10.6. The van der Waals surface area contributed by atoms with Crippen LogP contribution in [0.4, 0.5) is 0 Å². The van der Waals surface area contributed by atoms with E-state index in [9.17, 15) is 9.59 Å². The van der Waals surface area contributed by atoms with Gasteiger partial charge in [0, 0.05) is 10.6 Å². The van der Waals surface area contributed by atoms with E-state index in [2.05, 4.69) is 4.98 Å². The van der Waals surface area contributed by atoms with Crippen molar-refractivity contribution in [3.63, 3.8) is 0 Å². The molecule has 0 aliphatic carbocycles. The minimum Gasteiger partial charge on any atom is -0.457 e. The van der Waals surface area contributed by atoms with Crippen molar-refractivity contribution in [2.75, 3.05) is 5.75 Å². The van der Waals surface area contributed by atoms with Gasteiger partial charge in [0.2, 0.25) is 0 Å². The van der Waals surface area contributed by atoms with E-state index in [1.165, 1.54) is 10.1 Å². The van der Waals surface area contributed by atoms with Gasteiger partial charge in [-0.1, -0.05) is 29.8 Å². The standard InChI is InChI=1S/C21H19N3O3S/c1-15-6-8-16(9-7-15)28-13-10-20(25)27-14-19-23-18-5-3-2-4-17(18)21(26)24(19)12-11-22/h2-9H,10,12-14H2,1H3. The van der Waals surface area contributed by atoms with Crippen LogP contribution >= 0.6 is 11.8 Å². The van der Waals surface area contributed by atoms with Gasteiger partial charge in [-0.15, -0.1) is 11.8 Å². The summed E-state index contributed by atoms with van der Waals surface area (Å²) in [6, 6.07) is 17.0. The van der Waals surface area contributed by atoms with Gasteiger partial charge in [-0.3, -0.25) is 14.2 Å². The Bertz CT molecular complexity index is 1080. The third-order valence-corrected chi connectivity index (χ3v) is 5.14. The fourth-order valence-corrected chi connectivity index (χ4v) is 3.49. The molecule has 28 heavy (non-hydrogen) atoms. The van der Waals surface area contributed by atoms with Gasteiger partial charge in [-0.25, -0.2) is 4.98 Å². The number of nitrogens with zero attached hydrogens (tertiary/aromatic N) is 3. The molecule has 0 spiro atoms. The zero-order chi connectivity index (χ0) is 19.9. The van der Waals surface area contributed by atoms with Crippen molar-refractivity contribution in [2.45, 2.75) is 31.4 Å². The largest absolute Gasteiger partial charge is 0.457 e. The van der Waals surface area contributed by atoms with E-state index in [1.807, 2.05) is 37.3 Å². The first-order chi connectivity index (χ1) is 13.6. The van der Waals surface area contributed by atoms with Crippen molar-refractivity contribution in [1.29, 1.82) is 5.26 Å². The Morgan fingerprint density at radius 1 is 1.21 bits per heavy atom. The summed E-state index contributed by atoms with van der Waals surface area (Å²) in [5.41, 5.74) is 1.39. The number of aryl methyl sites for hydroxylation is 1. The third kappa shape index (κ3) is 4.78. The first-order valence-corrected chi connectivity index (χ1v) is 9.77. The van der Waals surface area contributed by atoms with Gasteiger partial charge in [0.15, 0.2) is 5.82 Å². The minimum atomic E-state index is -0.370. The van der Waals surface area contributed by atoms with Gasteiger partial charge in [0.05, 0.1) is 23.4 Å². The second kappa shape index (κ2) is 9.20. The summed E-state index contributed by atoms with van der Waals surface area (Å²) in [6.07, 6.45) is 0.245. The summed E-state index contributed by atoms with van der Waals surface area (Å²) in [4.78, 5) is 30.1. The molecule has 0 fully saturated rings. The maximum Gasteiger partial charge on any atom is 0.307 e. The number of hydrogen-bond donors (Lipinski definition) is 0. The van der Waals surface area contributed by atoms with Crippen LogP contribution in [0, 0.1) is 18.3 Å². The van der Waals surface area contributed by atoms with Crippen molar-refractivity contribution < 1.29 is 9.53 Å². The van der Waals surface area contributed by atoms with Crippen LogP contribution in [0.25, 0.3) is 10.9 Å². The minimum absolute atomic E-state index is 0.143. The molecule has 0 saturated heterocycles. The number of hydrogen-bond acceptors (Lipinski definition) is 6. The number of nitriles is 1. The molecule has 0 aliphatic heterocycles. The highest BCUT2D eigenvalue weighted by molar-refractivity contribution is 7.99. The molecular weight excluding hydrogens is 374 g/mol. The van der Waals surface area contributed by atoms with Crippen LogP contribution in [-0.4, -0.2) is 21.3 Å². The Labute approximate surface area is 166 Å². The van der Waals surface area contributed by atoms with E-state index >= 15 is 0 Å². The molecule has 1 aromatic heterocycles. The zero-order valence-electron chi connectivity index (χ0n) is 15.4. The van der Waals surface area contributed by atoms with Crippen LogP contribution in [0.2, 0.25) is 0 Å². The summed E-state index contributed by atoms with van der Waals surface area (Å²) in [6.45, 7) is 1.74. The van der Waals surface area contributed by atoms with Gasteiger partial charge in [-0.05, 0) is 31.2 Å². The number of esters is 1. The van der Waals surface area contributed by atoms with Gasteiger partial charge < -0.3 is 4.74 Å². The molecule has 0 amide bonds. The molecule has 0 aliphatic rings. The molecule has 3 rings (SSSR count). The van der Waals surface area contributed by atoms with Crippen molar-refractivity contribution in [2.24, 2.45) is 0 Å². The average molecular weight is 393 g/mol. The summed E-state index contributed by atoms with van der Waals surface area (Å²) in [7, 11) is 0. The SMILES string of the molecule is Cc1ccc(SCCC(=O)OCc2nc3ccccc3c(=O)n2CC#N)cc1. The quantitative estimate of drug-likeness (QED) is 0.451. The van der Waals surface area contributed by atoms with Crippen molar-refractivity contribution in [3.05, 3.63) is 70.3 Å². The highest BCUT2D eigenvalue weighted by atomic mass is 32.2. The van der Waals surface area contributed by atoms with E-state index in [0.717, 1.165) is 4.90 Å². The highest BCUT2D eigenvalue weighted by Crippen LogP contribution is 2.19. The van der Waals surface area contributed by atoms with Crippen molar-refractivity contribution >= 4 is 28.6 Å². The fourth-order valence-electron chi connectivity index (χ4n) is 2.66. The number of carbonyl (C=O) groups excluding carboxylic acids is 1. The molecule has 1 heterocycles. The van der Waals surface area contributed by atoms with Crippen LogP contribution in [0.15, 0.2) is 58.2 Å². The summed E-state index contributed by atoms with van der Waals surface area (Å²) in [5, 5.41) is 9.44. The maximum absolute atomic E-state index is 12.6. The van der Waals surface area contributed by atoms with Crippen LogP contribution in [0.3, 0.4) is 0 Å². The molecule has 2 aromatic carbocycles. The van der Waals surface area contributed by atoms with Crippen LogP contribution < -0.4 is 5.56 Å². The van der Waals surface area contributed by atoms with Gasteiger partial charge in [-0.2, -0.15) is 5.26 Å². The predicted octanol–water partition coefficient (Wildman–Crippen LogP) is 3.45. The monoisotopic (exact) mass is 393 g/mol.